The summed E-state index contributed by atoms with van der Waals surface area (Å²) in [5.41, 5.74) is 3.05. The van der Waals surface area contributed by atoms with Crippen molar-refractivity contribution in [2.24, 2.45) is 52.4 Å². The number of rotatable bonds is 5. The Morgan fingerprint density at radius 1 is 0.905 bits per heavy atom. The largest absolute Gasteiger partial charge is 0.507 e. The van der Waals surface area contributed by atoms with E-state index in [0.29, 0.717) is 11.8 Å². The van der Waals surface area contributed by atoms with Gasteiger partial charge in [-0.15, -0.1) is 0 Å². The van der Waals surface area contributed by atoms with Crippen LogP contribution in [0.2, 0.25) is 0 Å². The fourth-order valence-corrected chi connectivity index (χ4v) is 11.2. The van der Waals surface area contributed by atoms with Crippen LogP contribution in [0, 0.1) is 54.3 Å². The number of Topliss-reactive ketones (excluding diaryl/α,β-unsaturated/α-hetero) is 1. The van der Waals surface area contributed by atoms with Gasteiger partial charge in [0.15, 0.2) is 5.75 Å². The molecular weight excluding hydrogens is 811 g/mol. The second-order valence-corrected chi connectivity index (χ2v) is 19.0. The van der Waals surface area contributed by atoms with Crippen molar-refractivity contribution in [3.05, 3.63) is 52.8 Å². The Morgan fingerprint density at radius 2 is 1.56 bits per heavy atom. The molecule has 2 aromatic rings. The van der Waals surface area contributed by atoms with Crippen molar-refractivity contribution >= 4 is 40.3 Å². The zero-order valence-electron chi connectivity index (χ0n) is 37.5. The van der Waals surface area contributed by atoms with E-state index < -0.39 is 88.8 Å². The number of nitrogens with one attached hydrogen (secondary N) is 2. The topological polar surface area (TPSA) is 226 Å². The molecule has 4 aliphatic carbocycles. The van der Waals surface area contributed by atoms with Gasteiger partial charge in [0.05, 0.1) is 53.0 Å². The highest BCUT2D eigenvalue weighted by Gasteiger charge is 2.51. The predicted molar refractivity (Wildman–Crippen MR) is 235 cm³/mol. The lowest BCUT2D eigenvalue weighted by Crippen LogP contribution is -2.53. The minimum atomic E-state index is -2.04. The van der Waals surface area contributed by atoms with Crippen LogP contribution in [0.1, 0.15) is 102 Å². The molecule has 9 bridgehead atoms. The van der Waals surface area contributed by atoms with E-state index in [2.05, 4.69) is 15.8 Å². The number of phenolic OH excluding ortho intramolecular Hbond substituents is 3. The van der Waals surface area contributed by atoms with Crippen molar-refractivity contribution in [3.63, 3.8) is 0 Å². The van der Waals surface area contributed by atoms with Crippen LogP contribution in [0.5, 0.6) is 23.0 Å². The molecule has 0 radical (unpaired) electrons. The average molecular weight is 874 g/mol. The highest BCUT2D eigenvalue weighted by Crippen LogP contribution is 2.56. The summed E-state index contributed by atoms with van der Waals surface area (Å²) in [6.07, 6.45) is 10.8. The number of hydrazone groups is 1. The number of aliphatic hydroxyl groups is 2. The summed E-state index contributed by atoms with van der Waals surface area (Å²) in [6.45, 7) is 12.6. The monoisotopic (exact) mass is 873 g/mol. The number of methoxy groups -OCH3 is 1. The molecule has 0 spiro atoms. The first-order chi connectivity index (χ1) is 29.8. The SMILES string of the molecule is COC1/C=C/OC2(C)Oc3c(C)c(O)c4c(O)c(c(/C=N\NC5C6CC7CC(C6)CC5C7)c(O)c4c3C2=O)NC(=O)/C(C)=C/C=C/C(C)C(O)C(C)C(O)C(C)C(OC(C)=O)C1C. The third-order valence-electron chi connectivity index (χ3n) is 14.7. The van der Waals surface area contributed by atoms with E-state index in [4.69, 9.17) is 18.9 Å². The minimum Gasteiger partial charge on any atom is -0.507 e. The van der Waals surface area contributed by atoms with Crippen LogP contribution < -0.4 is 15.5 Å². The van der Waals surface area contributed by atoms with Crippen molar-refractivity contribution in [2.75, 3.05) is 12.4 Å². The quantitative estimate of drug-likeness (QED) is 0.0561. The summed E-state index contributed by atoms with van der Waals surface area (Å²) < 4.78 is 23.7. The van der Waals surface area contributed by atoms with Crippen molar-refractivity contribution < 1.29 is 58.9 Å². The fraction of sp³-hybridized carbons (Fsp3) is 0.583. The van der Waals surface area contributed by atoms with Gasteiger partial charge in [-0.25, -0.2) is 0 Å². The lowest BCUT2D eigenvalue weighted by atomic mass is 9.54. The third-order valence-corrected chi connectivity index (χ3v) is 14.7. The number of aliphatic hydroxyl groups excluding tert-OH is 2. The van der Waals surface area contributed by atoms with Gasteiger partial charge in [0, 0.05) is 67.2 Å². The number of aromatic hydroxyl groups is 3. The van der Waals surface area contributed by atoms with Gasteiger partial charge in [0.25, 0.3) is 11.7 Å². The summed E-state index contributed by atoms with van der Waals surface area (Å²) in [5, 5.41) is 65.7. The van der Waals surface area contributed by atoms with Crippen molar-refractivity contribution in [3.8, 4) is 23.0 Å². The van der Waals surface area contributed by atoms with Gasteiger partial charge in [-0.1, -0.05) is 45.9 Å². The zero-order chi connectivity index (χ0) is 45.8. The Hall–Kier alpha value is -5.12. The van der Waals surface area contributed by atoms with E-state index in [0.717, 1.165) is 37.5 Å². The molecule has 9 atom stereocenters. The molecule has 342 valence electrons. The van der Waals surface area contributed by atoms with Gasteiger partial charge < -0.3 is 55.2 Å². The number of nitrogens with zero attached hydrogens (tertiary/aromatic N) is 1. The molecule has 3 heterocycles. The van der Waals surface area contributed by atoms with Gasteiger partial charge in [0.1, 0.15) is 23.4 Å². The molecular formula is C48H63N3O12. The molecule has 1 amide bonds. The molecule has 7 N–H and O–H groups in total. The Kier molecular flexibility index (Phi) is 13.0. The highest BCUT2D eigenvalue weighted by atomic mass is 16.7. The highest BCUT2D eigenvalue weighted by molar-refractivity contribution is 6.23. The van der Waals surface area contributed by atoms with Crippen LogP contribution in [0.4, 0.5) is 5.69 Å². The van der Waals surface area contributed by atoms with E-state index in [1.165, 1.54) is 58.9 Å². The van der Waals surface area contributed by atoms with Crippen LogP contribution in [-0.2, 0) is 23.8 Å². The van der Waals surface area contributed by atoms with Crippen LogP contribution in [-0.4, -0.2) is 92.8 Å². The van der Waals surface area contributed by atoms with Crippen molar-refractivity contribution in [1.82, 2.24) is 5.43 Å². The molecule has 0 aromatic heterocycles. The molecule has 7 aliphatic rings. The number of benzene rings is 2. The first-order valence-corrected chi connectivity index (χ1v) is 22.1. The Morgan fingerprint density at radius 3 is 2.17 bits per heavy atom. The predicted octanol–water partition coefficient (Wildman–Crippen LogP) is 6.50. The van der Waals surface area contributed by atoms with E-state index in [1.807, 2.05) is 0 Å². The summed E-state index contributed by atoms with van der Waals surface area (Å²) in [7, 11) is 1.45. The van der Waals surface area contributed by atoms with Crippen LogP contribution in [0.25, 0.3) is 10.8 Å². The average Bonchev–Trinajstić information content (AvgIpc) is 3.50. The number of amides is 1. The first-order valence-electron chi connectivity index (χ1n) is 22.1. The zero-order valence-corrected chi connectivity index (χ0v) is 37.5. The molecule has 4 saturated carbocycles. The molecule has 4 fully saturated rings. The lowest BCUT2D eigenvalue weighted by molar-refractivity contribution is -0.160. The van der Waals surface area contributed by atoms with E-state index in [-0.39, 0.29) is 50.5 Å². The standard InChI is InChI=1S/C48H63N3O12/c1-21-11-10-12-22(2)47(59)50-38-32(20-49-51-37-30-16-28-15-29(18-30)19-31(37)17-28)42(56)34-35(43(38)57)41(55)26(6)45-36(34)46(58)48(8,63-45)61-14-13-33(60-9)23(3)44(62-27(7)52)25(5)40(54)24(4)39(21)53/h10-14,20-21,23-25,28-31,33,37,39-40,44,51,53-57H,15-19H2,1-9H3,(H,50,59)/b11-10+,14-13+,22-12+,49-20-. The van der Waals surface area contributed by atoms with Crippen molar-refractivity contribution in [2.45, 2.75) is 124 Å². The number of esters is 1. The van der Waals surface area contributed by atoms with Gasteiger partial charge in [0.2, 0.25) is 0 Å². The molecule has 3 aliphatic heterocycles. The smallest absolute Gasteiger partial charge is 0.312 e. The Balaban J connectivity index is 1.34. The van der Waals surface area contributed by atoms with Gasteiger partial charge in [-0.2, -0.15) is 5.10 Å². The second kappa shape index (κ2) is 17.8. The fourth-order valence-electron chi connectivity index (χ4n) is 11.2. The molecule has 15 heteroatoms. The number of carbonyl (C=O) groups is 3. The number of ether oxygens (including phenoxy) is 4. The normalized spacial score (nSPS) is 37.6. The first kappa shape index (κ1) is 45.9. The molecule has 63 heavy (non-hydrogen) atoms. The number of hydrogen-bond acceptors (Lipinski definition) is 14. The number of ketones is 1. The van der Waals surface area contributed by atoms with Gasteiger partial charge in [-0.05, 0) is 75.7 Å². The van der Waals surface area contributed by atoms with Crippen LogP contribution in [0.3, 0.4) is 0 Å². The molecule has 2 aromatic carbocycles. The van der Waals surface area contributed by atoms with E-state index >= 15 is 0 Å². The van der Waals surface area contributed by atoms with Crippen molar-refractivity contribution in [1.29, 1.82) is 0 Å². The number of hydrogen-bond donors (Lipinski definition) is 7. The molecule has 9 rings (SSSR count). The maximum Gasteiger partial charge on any atom is 0.312 e. The third kappa shape index (κ3) is 8.39. The number of allylic oxidation sites excluding steroid dienone is 2. The number of anilines is 1. The van der Waals surface area contributed by atoms with Crippen LogP contribution in [0.15, 0.2) is 41.2 Å². The summed E-state index contributed by atoms with van der Waals surface area (Å²) in [4.78, 5) is 40.8. The summed E-state index contributed by atoms with van der Waals surface area (Å²) in [5.74, 6) is -5.86. The molecule has 0 saturated heterocycles. The summed E-state index contributed by atoms with van der Waals surface area (Å²) in [6, 6.07) is 0.120. The maximum atomic E-state index is 14.6. The Bertz CT molecular complexity index is 2240. The second-order valence-electron chi connectivity index (χ2n) is 19.0. The maximum absolute atomic E-state index is 14.6. The summed E-state index contributed by atoms with van der Waals surface area (Å²) >= 11 is 0. The Labute approximate surface area is 368 Å². The van der Waals surface area contributed by atoms with E-state index in [9.17, 15) is 39.9 Å². The number of carbonyl (C=O) groups excluding carboxylic acids is 3. The number of phenols is 3. The minimum absolute atomic E-state index is 0.0662. The molecule has 9 unspecified atom stereocenters. The molecule has 15 nitrogen and oxygen atoms in total. The number of fused-ring (bicyclic) bond motifs is 14. The lowest BCUT2D eigenvalue weighted by Gasteiger charge is -2.54. The van der Waals surface area contributed by atoms with Gasteiger partial charge >= 0.3 is 11.8 Å². The van der Waals surface area contributed by atoms with E-state index in [1.54, 1.807) is 46.8 Å². The van der Waals surface area contributed by atoms with Gasteiger partial charge in [-0.3, -0.25) is 14.4 Å². The van der Waals surface area contributed by atoms with Crippen LogP contribution >= 0.6 is 0 Å².